The molecular weight excluding hydrogens is 573 g/mol. The number of pyridine rings is 1. The smallest absolute Gasteiger partial charge is 0.416 e. The SMILES string of the molecule is C=NC1=C(/C=C(\C)Oc2ccnc3[nH]ncc23)CN(C(=O)Nc2ccc(CN3CCN(CC)CC3)c(C(F)(F)F)c2)CC1C. The predicted molar refractivity (Wildman–Crippen MR) is 163 cm³/mol. The Morgan fingerprint density at radius 3 is 2.68 bits per heavy atom. The zero-order valence-corrected chi connectivity index (χ0v) is 25.1. The highest BCUT2D eigenvalue weighted by Gasteiger charge is 2.35. The van der Waals surface area contributed by atoms with Gasteiger partial charge in [0.25, 0.3) is 0 Å². The van der Waals surface area contributed by atoms with Gasteiger partial charge in [0, 0.05) is 69.3 Å². The molecule has 2 aliphatic rings. The Balaban J connectivity index is 1.30. The molecule has 2 amide bonds. The van der Waals surface area contributed by atoms with Crippen LogP contribution in [0.1, 0.15) is 31.9 Å². The molecule has 0 radical (unpaired) electrons. The molecule has 13 heteroatoms. The van der Waals surface area contributed by atoms with Crippen molar-refractivity contribution in [1.82, 2.24) is 29.9 Å². The van der Waals surface area contributed by atoms with E-state index in [9.17, 15) is 18.0 Å². The minimum Gasteiger partial charge on any atom is -0.461 e. The fourth-order valence-electron chi connectivity index (χ4n) is 5.74. The number of aromatic nitrogens is 3. The van der Waals surface area contributed by atoms with Crippen molar-refractivity contribution in [2.45, 2.75) is 33.5 Å². The topological polar surface area (TPSA) is 102 Å². The summed E-state index contributed by atoms with van der Waals surface area (Å²) >= 11 is 0. The number of hydrogen-bond acceptors (Lipinski definition) is 7. The quantitative estimate of drug-likeness (QED) is 0.257. The van der Waals surface area contributed by atoms with Crippen molar-refractivity contribution in [3.8, 4) is 5.75 Å². The van der Waals surface area contributed by atoms with Crippen LogP contribution in [0.2, 0.25) is 0 Å². The van der Waals surface area contributed by atoms with Crippen molar-refractivity contribution in [1.29, 1.82) is 0 Å². The van der Waals surface area contributed by atoms with Gasteiger partial charge in [0.05, 0.1) is 17.1 Å². The first-order chi connectivity index (χ1) is 21.0. The number of halogens is 3. The van der Waals surface area contributed by atoms with E-state index in [-0.39, 0.29) is 30.3 Å². The number of nitrogens with one attached hydrogen (secondary N) is 2. The molecule has 1 unspecified atom stereocenters. The molecule has 234 valence electrons. The lowest BCUT2D eigenvalue weighted by Gasteiger charge is -2.34. The molecule has 0 saturated carbocycles. The van der Waals surface area contributed by atoms with Crippen molar-refractivity contribution in [3.05, 3.63) is 70.9 Å². The molecule has 0 bridgehead atoms. The number of H-pyrrole nitrogens is 1. The van der Waals surface area contributed by atoms with Crippen molar-refractivity contribution in [3.63, 3.8) is 0 Å². The molecule has 2 aromatic heterocycles. The van der Waals surface area contributed by atoms with Gasteiger partial charge in [-0.25, -0.2) is 9.78 Å². The van der Waals surface area contributed by atoms with Gasteiger partial charge in [-0.3, -0.25) is 15.0 Å². The molecule has 1 aromatic carbocycles. The Bertz CT molecular complexity index is 1570. The van der Waals surface area contributed by atoms with E-state index >= 15 is 0 Å². The summed E-state index contributed by atoms with van der Waals surface area (Å²) < 4.78 is 48.4. The molecule has 44 heavy (non-hydrogen) atoms. The summed E-state index contributed by atoms with van der Waals surface area (Å²) in [6, 6.07) is 5.25. The number of aliphatic imine (C=N–C) groups is 1. The molecule has 1 saturated heterocycles. The molecule has 5 rings (SSSR count). The van der Waals surface area contributed by atoms with Crippen LogP contribution < -0.4 is 10.1 Å². The second-order valence-electron chi connectivity index (χ2n) is 11.2. The molecule has 3 aromatic rings. The number of allylic oxidation sites excluding steroid dienone is 1. The van der Waals surface area contributed by atoms with Crippen molar-refractivity contribution in [2.75, 3.05) is 51.1 Å². The van der Waals surface area contributed by atoms with Crippen LogP contribution in [-0.4, -0.2) is 88.4 Å². The number of aromatic amines is 1. The molecule has 4 heterocycles. The number of rotatable bonds is 8. The summed E-state index contributed by atoms with van der Waals surface area (Å²) in [7, 11) is 0. The zero-order chi connectivity index (χ0) is 31.4. The molecule has 2 aliphatic heterocycles. The van der Waals surface area contributed by atoms with Crippen LogP contribution in [0.5, 0.6) is 5.75 Å². The normalized spacial score (nSPS) is 19.0. The summed E-state index contributed by atoms with van der Waals surface area (Å²) in [6.45, 7) is 14.2. The van der Waals surface area contributed by atoms with E-state index in [2.05, 4.69) is 44.0 Å². The van der Waals surface area contributed by atoms with Gasteiger partial charge in [-0.15, -0.1) is 0 Å². The molecule has 0 aliphatic carbocycles. The number of fused-ring (bicyclic) bond motifs is 1. The lowest BCUT2D eigenvalue weighted by Crippen LogP contribution is -2.45. The highest BCUT2D eigenvalue weighted by molar-refractivity contribution is 5.90. The van der Waals surface area contributed by atoms with Crippen LogP contribution in [-0.2, 0) is 12.7 Å². The maximum atomic E-state index is 14.1. The van der Waals surface area contributed by atoms with E-state index in [0.29, 0.717) is 36.8 Å². The number of carbonyl (C=O) groups is 1. The van der Waals surface area contributed by atoms with Crippen molar-refractivity contribution in [2.24, 2.45) is 10.9 Å². The van der Waals surface area contributed by atoms with Crippen LogP contribution >= 0.6 is 0 Å². The van der Waals surface area contributed by atoms with Gasteiger partial charge in [-0.1, -0.05) is 19.9 Å². The van der Waals surface area contributed by atoms with Crippen molar-refractivity contribution >= 4 is 29.5 Å². The Morgan fingerprint density at radius 1 is 1.23 bits per heavy atom. The largest absolute Gasteiger partial charge is 0.461 e. The van der Waals surface area contributed by atoms with Crippen LogP contribution in [0.4, 0.5) is 23.7 Å². The summed E-state index contributed by atoms with van der Waals surface area (Å²) in [5, 5.41) is 10.2. The molecule has 10 nitrogen and oxygen atoms in total. The van der Waals surface area contributed by atoms with Crippen LogP contribution in [0.3, 0.4) is 0 Å². The minimum absolute atomic E-state index is 0.0876. The number of likely N-dealkylation sites (N-methyl/N-ethyl adjacent to an activating group) is 1. The molecule has 1 atom stereocenters. The van der Waals surface area contributed by atoms with Crippen LogP contribution in [0.15, 0.2) is 64.8 Å². The molecule has 0 spiro atoms. The van der Waals surface area contributed by atoms with E-state index in [1.807, 2.05) is 11.8 Å². The Morgan fingerprint density at radius 2 is 1.98 bits per heavy atom. The van der Waals surface area contributed by atoms with Gasteiger partial charge in [-0.05, 0) is 55.6 Å². The fraction of sp³-hybridized carbons (Fsp3) is 0.419. The maximum Gasteiger partial charge on any atom is 0.416 e. The second kappa shape index (κ2) is 13.2. The van der Waals surface area contributed by atoms with E-state index < -0.39 is 17.8 Å². The van der Waals surface area contributed by atoms with Crippen LogP contribution in [0.25, 0.3) is 11.0 Å². The Hall–Kier alpha value is -4.23. The summed E-state index contributed by atoms with van der Waals surface area (Å²) in [6.07, 6.45) is 0.474. The summed E-state index contributed by atoms with van der Waals surface area (Å²) in [5.74, 6) is 0.955. The van der Waals surface area contributed by atoms with E-state index in [1.54, 1.807) is 36.4 Å². The first-order valence-corrected chi connectivity index (χ1v) is 14.6. The highest BCUT2D eigenvalue weighted by atomic mass is 19.4. The third-order valence-corrected chi connectivity index (χ3v) is 8.04. The number of urea groups is 1. The maximum absolute atomic E-state index is 14.1. The first-order valence-electron chi connectivity index (χ1n) is 14.6. The van der Waals surface area contributed by atoms with Gasteiger partial charge in [0.1, 0.15) is 11.5 Å². The number of anilines is 1. The first kappa shape index (κ1) is 31.2. The number of amides is 2. The van der Waals surface area contributed by atoms with Gasteiger partial charge in [-0.2, -0.15) is 18.3 Å². The predicted octanol–water partition coefficient (Wildman–Crippen LogP) is 5.54. The Kier molecular flexibility index (Phi) is 9.35. The van der Waals surface area contributed by atoms with E-state index in [4.69, 9.17) is 4.74 Å². The third kappa shape index (κ3) is 7.11. The monoisotopic (exact) mass is 610 g/mol. The number of piperazine rings is 1. The van der Waals surface area contributed by atoms with Gasteiger partial charge < -0.3 is 19.9 Å². The van der Waals surface area contributed by atoms with Gasteiger partial charge >= 0.3 is 12.2 Å². The van der Waals surface area contributed by atoms with Crippen LogP contribution in [0, 0.1) is 5.92 Å². The second-order valence-corrected chi connectivity index (χ2v) is 11.2. The number of benzene rings is 1. The third-order valence-electron chi connectivity index (χ3n) is 8.04. The lowest BCUT2D eigenvalue weighted by molar-refractivity contribution is -0.138. The van der Waals surface area contributed by atoms with Gasteiger partial charge in [0.15, 0.2) is 5.65 Å². The zero-order valence-electron chi connectivity index (χ0n) is 25.1. The standard InChI is InChI=1S/C31H37F3N8O2/c1-5-40-10-12-41(13-11-40)18-22-6-7-24(15-26(22)31(32,33)34)38-30(43)42-17-20(2)28(35-4)23(19-42)14-21(3)44-27-8-9-36-29-25(27)16-37-39-29/h6-9,14-16,20H,4-5,10-13,17-19H2,1-3H3,(H,38,43)(H,36,37,39)/b21-14+. The Labute approximate surface area is 254 Å². The fourth-order valence-corrected chi connectivity index (χ4v) is 5.74. The number of nitrogens with zero attached hydrogens (tertiary/aromatic N) is 6. The summed E-state index contributed by atoms with van der Waals surface area (Å²) in [5.41, 5.74) is 1.58. The summed E-state index contributed by atoms with van der Waals surface area (Å²) in [4.78, 5) is 27.6. The average Bonchev–Trinajstić information content (AvgIpc) is 3.48. The average molecular weight is 611 g/mol. The number of hydrogen-bond donors (Lipinski definition) is 2. The highest BCUT2D eigenvalue weighted by Crippen LogP contribution is 2.35. The molecule has 2 N–H and O–H groups in total. The number of alkyl halides is 3. The molecule has 1 fully saturated rings. The van der Waals surface area contributed by atoms with Gasteiger partial charge in [0.2, 0.25) is 0 Å². The lowest BCUT2D eigenvalue weighted by atomic mass is 9.96. The molecular formula is C31H37F3N8O2. The number of ether oxygens (including phenoxy) is 1. The van der Waals surface area contributed by atoms with E-state index in [0.717, 1.165) is 42.4 Å². The van der Waals surface area contributed by atoms with E-state index in [1.165, 1.54) is 12.1 Å². The van der Waals surface area contributed by atoms with Crippen molar-refractivity contribution < 1.29 is 22.7 Å². The minimum atomic E-state index is -4.55. The number of carbonyl (C=O) groups excluding carboxylic acids is 1.